The van der Waals surface area contributed by atoms with E-state index in [-0.39, 0.29) is 0 Å². The lowest BCUT2D eigenvalue weighted by Gasteiger charge is -2.34. The fraction of sp³-hybridized carbons (Fsp3) is 0.818. The molecule has 0 aromatic carbocycles. The molecule has 0 atom stereocenters. The predicted octanol–water partition coefficient (Wildman–Crippen LogP) is 0.860. The molecule has 94 valence electrons. The highest BCUT2D eigenvalue weighted by atomic mass is 32.1. The lowest BCUT2D eigenvalue weighted by molar-refractivity contribution is 0.120. The number of anilines is 1. The van der Waals surface area contributed by atoms with Crippen molar-refractivity contribution in [2.24, 2.45) is 0 Å². The third-order valence-corrected chi connectivity index (χ3v) is 4.41. The Morgan fingerprint density at radius 1 is 1.29 bits per heavy atom. The van der Waals surface area contributed by atoms with Gasteiger partial charge in [0.1, 0.15) is 10.7 Å². The molecule has 2 heterocycles. The van der Waals surface area contributed by atoms with Gasteiger partial charge in [0.2, 0.25) is 0 Å². The van der Waals surface area contributed by atoms with Crippen molar-refractivity contribution in [1.82, 2.24) is 19.4 Å². The summed E-state index contributed by atoms with van der Waals surface area (Å²) in [5, 5.41) is 8.46. The first-order valence-corrected chi connectivity index (χ1v) is 7.09. The number of nitrogens with zero attached hydrogens (tertiary/aromatic N) is 4. The van der Waals surface area contributed by atoms with Crippen molar-refractivity contribution in [3.05, 3.63) is 5.69 Å². The molecule has 17 heavy (non-hydrogen) atoms. The van der Waals surface area contributed by atoms with E-state index in [0.29, 0.717) is 0 Å². The molecule has 2 fully saturated rings. The van der Waals surface area contributed by atoms with Crippen molar-refractivity contribution in [3.63, 3.8) is 0 Å². The Hall–Kier alpha value is -0.720. The predicted molar refractivity (Wildman–Crippen MR) is 69.3 cm³/mol. The van der Waals surface area contributed by atoms with Crippen LogP contribution in [-0.4, -0.2) is 58.7 Å². The van der Waals surface area contributed by atoms with E-state index in [1.807, 2.05) is 7.05 Å². The Kier molecular flexibility index (Phi) is 3.26. The van der Waals surface area contributed by atoms with E-state index in [9.17, 15) is 0 Å². The van der Waals surface area contributed by atoms with E-state index in [2.05, 4.69) is 24.7 Å². The fourth-order valence-corrected chi connectivity index (χ4v) is 2.96. The molecule has 3 rings (SSSR count). The second kappa shape index (κ2) is 4.88. The van der Waals surface area contributed by atoms with E-state index in [4.69, 9.17) is 0 Å². The summed E-state index contributed by atoms with van der Waals surface area (Å²) in [6.07, 6.45) is 2.83. The molecule has 1 saturated heterocycles. The number of nitrogens with one attached hydrogen (secondary N) is 1. The SMILES string of the molecule is CNc1snnc1CN1CCN(C2CC2)CC1. The Bertz CT molecular complexity index is 368. The fourth-order valence-electron chi connectivity index (χ4n) is 2.44. The number of rotatable bonds is 4. The first kappa shape index (κ1) is 11.4. The summed E-state index contributed by atoms with van der Waals surface area (Å²) in [6, 6.07) is 0.908. The second-order valence-corrected chi connectivity index (χ2v) is 5.60. The number of hydrogen-bond acceptors (Lipinski definition) is 6. The van der Waals surface area contributed by atoms with Crippen LogP contribution in [-0.2, 0) is 6.54 Å². The largest absolute Gasteiger partial charge is 0.377 e. The lowest BCUT2D eigenvalue weighted by atomic mass is 10.3. The molecule has 0 bridgehead atoms. The third kappa shape index (κ3) is 2.59. The number of piperazine rings is 1. The van der Waals surface area contributed by atoms with Gasteiger partial charge in [-0.15, -0.1) is 5.10 Å². The molecule has 0 radical (unpaired) electrons. The molecule has 0 unspecified atom stereocenters. The van der Waals surface area contributed by atoms with Gasteiger partial charge in [-0.05, 0) is 12.8 Å². The standard InChI is InChI=1S/C11H19N5S/c1-12-11-10(13-14-17-11)8-15-4-6-16(7-5-15)9-2-3-9/h9,12H,2-8H2,1H3. The smallest absolute Gasteiger partial charge is 0.134 e. The van der Waals surface area contributed by atoms with Gasteiger partial charge in [0.15, 0.2) is 0 Å². The summed E-state index contributed by atoms with van der Waals surface area (Å²) in [5.74, 6) is 0. The topological polar surface area (TPSA) is 44.3 Å². The van der Waals surface area contributed by atoms with Crippen molar-refractivity contribution in [3.8, 4) is 0 Å². The minimum atomic E-state index is 0.908. The van der Waals surface area contributed by atoms with Gasteiger partial charge in [-0.2, -0.15) is 0 Å². The van der Waals surface area contributed by atoms with Gasteiger partial charge < -0.3 is 5.32 Å². The molecule has 5 nitrogen and oxygen atoms in total. The van der Waals surface area contributed by atoms with Crippen LogP contribution in [0.4, 0.5) is 5.00 Å². The number of aromatic nitrogens is 2. The van der Waals surface area contributed by atoms with Gasteiger partial charge in [-0.1, -0.05) is 4.49 Å². The highest BCUT2D eigenvalue weighted by Gasteiger charge is 2.31. The van der Waals surface area contributed by atoms with Crippen molar-refractivity contribution in [2.45, 2.75) is 25.4 Å². The molecule has 6 heteroatoms. The summed E-state index contributed by atoms with van der Waals surface area (Å²) in [7, 11) is 1.93. The average Bonchev–Trinajstić information content (AvgIpc) is 3.11. The highest BCUT2D eigenvalue weighted by Crippen LogP contribution is 2.28. The quantitative estimate of drug-likeness (QED) is 0.862. The molecule has 1 saturated carbocycles. The van der Waals surface area contributed by atoms with E-state index in [1.165, 1.54) is 37.5 Å². The van der Waals surface area contributed by atoms with Gasteiger partial charge in [0.05, 0.1) is 0 Å². The summed E-state index contributed by atoms with van der Waals surface area (Å²) in [4.78, 5) is 5.12. The average molecular weight is 253 g/mol. The van der Waals surface area contributed by atoms with Crippen LogP contribution < -0.4 is 5.32 Å². The van der Waals surface area contributed by atoms with Crippen LogP contribution in [0.2, 0.25) is 0 Å². The molecular formula is C11H19N5S. The Morgan fingerprint density at radius 2 is 2.06 bits per heavy atom. The molecular weight excluding hydrogens is 234 g/mol. The van der Waals surface area contributed by atoms with Gasteiger partial charge in [-0.25, -0.2) is 0 Å². The normalized spacial score (nSPS) is 22.9. The third-order valence-electron chi connectivity index (χ3n) is 3.63. The molecule has 1 aliphatic carbocycles. The van der Waals surface area contributed by atoms with Crippen LogP contribution >= 0.6 is 11.5 Å². The summed E-state index contributed by atoms with van der Waals surface area (Å²) < 4.78 is 4.00. The van der Waals surface area contributed by atoms with E-state index >= 15 is 0 Å². The first-order valence-electron chi connectivity index (χ1n) is 6.32. The summed E-state index contributed by atoms with van der Waals surface area (Å²) in [6.45, 7) is 5.70. The monoisotopic (exact) mass is 253 g/mol. The van der Waals surface area contributed by atoms with Crippen molar-refractivity contribution in [2.75, 3.05) is 38.5 Å². The minimum absolute atomic E-state index is 0.908. The van der Waals surface area contributed by atoms with Gasteiger partial charge in [-0.3, -0.25) is 9.80 Å². The Morgan fingerprint density at radius 3 is 2.71 bits per heavy atom. The van der Waals surface area contributed by atoms with Crippen LogP contribution in [0.25, 0.3) is 0 Å². The van der Waals surface area contributed by atoms with Crippen LogP contribution in [0.15, 0.2) is 0 Å². The van der Waals surface area contributed by atoms with Crippen LogP contribution in [0.3, 0.4) is 0 Å². The zero-order valence-corrected chi connectivity index (χ0v) is 11.0. The molecule has 1 aromatic heterocycles. The molecule has 2 aliphatic rings. The van der Waals surface area contributed by atoms with Crippen molar-refractivity contribution >= 4 is 16.5 Å². The lowest BCUT2D eigenvalue weighted by Crippen LogP contribution is -2.46. The Balaban J connectivity index is 1.53. The minimum Gasteiger partial charge on any atom is -0.377 e. The van der Waals surface area contributed by atoms with Crippen molar-refractivity contribution in [1.29, 1.82) is 0 Å². The zero-order valence-electron chi connectivity index (χ0n) is 10.2. The van der Waals surface area contributed by atoms with Gasteiger partial charge in [0.25, 0.3) is 0 Å². The maximum absolute atomic E-state index is 4.20. The van der Waals surface area contributed by atoms with Gasteiger partial charge in [0, 0.05) is 57.3 Å². The summed E-state index contributed by atoms with van der Waals surface area (Å²) >= 11 is 1.44. The van der Waals surface area contributed by atoms with E-state index in [0.717, 1.165) is 36.4 Å². The van der Waals surface area contributed by atoms with Gasteiger partial charge >= 0.3 is 0 Å². The first-order chi connectivity index (χ1) is 8.36. The maximum Gasteiger partial charge on any atom is 0.134 e. The van der Waals surface area contributed by atoms with E-state index in [1.54, 1.807) is 0 Å². The Labute approximate surface area is 106 Å². The number of hydrogen-bond donors (Lipinski definition) is 1. The molecule has 0 amide bonds. The maximum atomic E-state index is 4.20. The van der Waals surface area contributed by atoms with E-state index < -0.39 is 0 Å². The van der Waals surface area contributed by atoms with Crippen LogP contribution in [0.1, 0.15) is 18.5 Å². The highest BCUT2D eigenvalue weighted by molar-refractivity contribution is 7.10. The van der Waals surface area contributed by atoms with Crippen LogP contribution in [0.5, 0.6) is 0 Å². The molecule has 1 N–H and O–H groups in total. The van der Waals surface area contributed by atoms with Crippen LogP contribution in [0, 0.1) is 0 Å². The second-order valence-electron chi connectivity index (χ2n) is 4.84. The van der Waals surface area contributed by atoms with Crippen molar-refractivity contribution < 1.29 is 0 Å². The molecule has 0 spiro atoms. The summed E-state index contributed by atoms with van der Waals surface area (Å²) in [5.41, 5.74) is 1.09. The molecule has 1 aromatic rings. The zero-order chi connectivity index (χ0) is 11.7. The molecule has 1 aliphatic heterocycles.